The van der Waals surface area contributed by atoms with Gasteiger partial charge in [-0.15, -0.1) is 11.3 Å². The summed E-state index contributed by atoms with van der Waals surface area (Å²) in [7, 11) is 0. The molecule has 0 spiro atoms. The summed E-state index contributed by atoms with van der Waals surface area (Å²) in [6, 6.07) is 2.10. The molecule has 1 aliphatic carbocycles. The smallest absolute Gasteiger partial charge is 0.0904 e. The molecule has 1 nitrogen and oxygen atoms in total. The maximum absolute atomic E-state index is 10.1. The van der Waals surface area contributed by atoms with Crippen LogP contribution in [-0.2, 0) is 5.60 Å². The molecule has 1 heterocycles. The highest BCUT2D eigenvalue weighted by atomic mass is 32.1. The Morgan fingerprint density at radius 2 is 2.25 bits per heavy atom. The van der Waals surface area contributed by atoms with E-state index in [0.29, 0.717) is 5.92 Å². The van der Waals surface area contributed by atoms with Crippen molar-refractivity contribution in [2.75, 3.05) is 0 Å². The Kier molecular flexibility index (Phi) is 1.77. The molecule has 0 amide bonds. The fourth-order valence-electron chi connectivity index (χ4n) is 1.59. The zero-order valence-electron chi connectivity index (χ0n) is 7.50. The van der Waals surface area contributed by atoms with Crippen molar-refractivity contribution in [3.05, 3.63) is 21.9 Å². The van der Waals surface area contributed by atoms with Gasteiger partial charge in [-0.2, -0.15) is 0 Å². The first kappa shape index (κ1) is 8.27. The van der Waals surface area contributed by atoms with Crippen molar-refractivity contribution in [3.63, 3.8) is 0 Å². The Balaban J connectivity index is 2.27. The molecule has 1 atom stereocenters. The van der Waals surface area contributed by atoms with Gasteiger partial charge in [0.15, 0.2) is 0 Å². The first-order valence-corrected chi connectivity index (χ1v) is 5.26. The largest absolute Gasteiger partial charge is 0.385 e. The summed E-state index contributed by atoms with van der Waals surface area (Å²) in [6.07, 6.45) is 2.36. The number of aliphatic hydroxyl groups is 1. The lowest BCUT2D eigenvalue weighted by molar-refractivity contribution is 0.0335. The zero-order valence-corrected chi connectivity index (χ0v) is 8.32. The number of aryl methyl sites for hydroxylation is 1. The molecule has 1 unspecified atom stereocenters. The summed E-state index contributed by atoms with van der Waals surface area (Å²) >= 11 is 1.72. The first-order chi connectivity index (χ1) is 5.60. The fourth-order valence-corrected chi connectivity index (χ4v) is 2.40. The van der Waals surface area contributed by atoms with Crippen LogP contribution in [0.5, 0.6) is 0 Å². The maximum Gasteiger partial charge on any atom is 0.0904 e. The lowest BCUT2D eigenvalue weighted by Crippen LogP contribution is -2.22. The zero-order chi connectivity index (χ0) is 8.77. The van der Waals surface area contributed by atoms with Gasteiger partial charge in [-0.05, 0) is 49.6 Å². The minimum atomic E-state index is -0.565. The van der Waals surface area contributed by atoms with Crippen molar-refractivity contribution in [2.24, 2.45) is 5.92 Å². The van der Waals surface area contributed by atoms with Gasteiger partial charge in [-0.1, -0.05) is 0 Å². The Labute approximate surface area is 77.0 Å². The van der Waals surface area contributed by atoms with Crippen LogP contribution >= 0.6 is 11.3 Å². The summed E-state index contributed by atoms with van der Waals surface area (Å²) < 4.78 is 0. The van der Waals surface area contributed by atoms with Gasteiger partial charge in [0, 0.05) is 4.88 Å². The Hall–Kier alpha value is -0.340. The van der Waals surface area contributed by atoms with E-state index < -0.39 is 5.60 Å². The number of hydrogen-bond acceptors (Lipinski definition) is 2. The van der Waals surface area contributed by atoms with Gasteiger partial charge in [-0.25, -0.2) is 0 Å². The topological polar surface area (TPSA) is 20.2 Å². The third-order valence-corrected chi connectivity index (χ3v) is 3.55. The fraction of sp³-hybridized carbons (Fsp3) is 0.600. The van der Waals surface area contributed by atoms with Gasteiger partial charge in [0.25, 0.3) is 0 Å². The van der Waals surface area contributed by atoms with Crippen LogP contribution in [0.25, 0.3) is 0 Å². The molecule has 0 bridgehead atoms. The standard InChI is InChI=1S/C10H14OS/c1-7-5-9(6-12-7)10(2,11)8-3-4-8/h5-6,8,11H,3-4H2,1-2H3. The van der Waals surface area contributed by atoms with E-state index in [-0.39, 0.29) is 0 Å². The van der Waals surface area contributed by atoms with E-state index in [0.717, 1.165) is 5.56 Å². The predicted octanol–water partition coefficient (Wildman–Crippen LogP) is 2.67. The monoisotopic (exact) mass is 182 g/mol. The average molecular weight is 182 g/mol. The molecule has 0 saturated heterocycles. The number of thiophene rings is 1. The van der Waals surface area contributed by atoms with E-state index in [2.05, 4.69) is 18.4 Å². The van der Waals surface area contributed by atoms with E-state index in [1.807, 2.05) is 6.92 Å². The van der Waals surface area contributed by atoms with Gasteiger partial charge < -0.3 is 5.11 Å². The Bertz CT molecular complexity index is 284. The van der Waals surface area contributed by atoms with Gasteiger partial charge >= 0.3 is 0 Å². The van der Waals surface area contributed by atoms with Crippen LogP contribution in [0.15, 0.2) is 11.4 Å². The van der Waals surface area contributed by atoms with Crippen LogP contribution in [-0.4, -0.2) is 5.11 Å². The number of hydrogen-bond donors (Lipinski definition) is 1. The Morgan fingerprint density at radius 3 is 2.67 bits per heavy atom. The molecule has 1 aromatic rings. The van der Waals surface area contributed by atoms with Crippen LogP contribution in [0.1, 0.15) is 30.2 Å². The second-order valence-electron chi connectivity index (χ2n) is 3.87. The SMILES string of the molecule is Cc1cc(C(C)(O)C2CC2)cs1. The van der Waals surface area contributed by atoms with E-state index >= 15 is 0 Å². The van der Waals surface area contributed by atoms with Gasteiger partial charge in [0.1, 0.15) is 0 Å². The molecule has 12 heavy (non-hydrogen) atoms. The van der Waals surface area contributed by atoms with Crippen LogP contribution in [0.4, 0.5) is 0 Å². The quantitative estimate of drug-likeness (QED) is 0.745. The van der Waals surface area contributed by atoms with Gasteiger partial charge in [0.2, 0.25) is 0 Å². The minimum absolute atomic E-state index is 0.506. The molecule has 1 aromatic heterocycles. The summed E-state index contributed by atoms with van der Waals surface area (Å²) in [5.41, 5.74) is 0.539. The van der Waals surface area contributed by atoms with Crippen molar-refractivity contribution >= 4 is 11.3 Å². The molecule has 0 aliphatic heterocycles. The van der Waals surface area contributed by atoms with Gasteiger partial charge in [0.05, 0.1) is 5.60 Å². The maximum atomic E-state index is 10.1. The molecule has 0 radical (unpaired) electrons. The van der Waals surface area contributed by atoms with Gasteiger partial charge in [-0.3, -0.25) is 0 Å². The summed E-state index contributed by atoms with van der Waals surface area (Å²) in [5, 5.41) is 12.2. The third-order valence-electron chi connectivity index (χ3n) is 2.69. The van der Waals surface area contributed by atoms with E-state index in [9.17, 15) is 5.11 Å². The second kappa shape index (κ2) is 2.57. The summed E-state index contributed by atoms with van der Waals surface area (Å²) in [6.45, 7) is 4.02. The Morgan fingerprint density at radius 1 is 1.58 bits per heavy atom. The summed E-state index contributed by atoms with van der Waals surface area (Å²) in [4.78, 5) is 1.28. The highest BCUT2D eigenvalue weighted by Gasteiger charge is 2.41. The molecule has 1 aliphatic rings. The van der Waals surface area contributed by atoms with Crippen molar-refractivity contribution in [2.45, 2.75) is 32.3 Å². The van der Waals surface area contributed by atoms with E-state index in [1.54, 1.807) is 11.3 Å². The lowest BCUT2D eigenvalue weighted by Gasteiger charge is -2.21. The number of rotatable bonds is 2. The second-order valence-corrected chi connectivity index (χ2v) is 4.98. The molecule has 66 valence electrons. The van der Waals surface area contributed by atoms with Crippen molar-refractivity contribution in [1.29, 1.82) is 0 Å². The van der Waals surface area contributed by atoms with E-state index in [4.69, 9.17) is 0 Å². The molecular formula is C10H14OS. The first-order valence-electron chi connectivity index (χ1n) is 4.38. The van der Waals surface area contributed by atoms with Crippen LogP contribution in [0.3, 0.4) is 0 Å². The predicted molar refractivity (Wildman–Crippen MR) is 51.4 cm³/mol. The highest BCUT2D eigenvalue weighted by Crippen LogP contribution is 2.46. The molecule has 2 heteroatoms. The normalized spacial score (nSPS) is 22.2. The van der Waals surface area contributed by atoms with Crippen molar-refractivity contribution in [3.8, 4) is 0 Å². The highest BCUT2D eigenvalue weighted by molar-refractivity contribution is 7.10. The van der Waals surface area contributed by atoms with Crippen molar-refractivity contribution < 1.29 is 5.11 Å². The van der Waals surface area contributed by atoms with Crippen LogP contribution in [0.2, 0.25) is 0 Å². The molecule has 1 fully saturated rings. The molecular weight excluding hydrogens is 168 g/mol. The lowest BCUT2D eigenvalue weighted by atomic mass is 9.93. The minimum Gasteiger partial charge on any atom is -0.385 e. The molecule has 1 saturated carbocycles. The van der Waals surface area contributed by atoms with Crippen molar-refractivity contribution in [1.82, 2.24) is 0 Å². The summed E-state index contributed by atoms with van der Waals surface area (Å²) in [5.74, 6) is 0.506. The average Bonchev–Trinajstić information content (AvgIpc) is 2.75. The van der Waals surface area contributed by atoms with Crippen LogP contribution in [0, 0.1) is 12.8 Å². The molecule has 2 rings (SSSR count). The molecule has 0 aromatic carbocycles. The third kappa shape index (κ3) is 1.29. The van der Waals surface area contributed by atoms with Crippen LogP contribution < -0.4 is 0 Å². The molecule has 1 N–H and O–H groups in total. The van der Waals surface area contributed by atoms with E-state index in [1.165, 1.54) is 17.7 Å².